The number of ether oxygens (including phenoxy) is 1. The van der Waals surface area contributed by atoms with Crippen LogP contribution in [-0.2, 0) is 13.1 Å². The average molecular weight is 313 g/mol. The number of carboxylic acid groups (broad SMARTS) is 1. The first-order valence-corrected chi connectivity index (χ1v) is 7.93. The third kappa shape index (κ3) is 5.75. The monoisotopic (exact) mass is 313 g/mol. The largest absolute Gasteiger partial charge is 0.494 e. The van der Waals surface area contributed by atoms with Crippen LogP contribution in [0.5, 0.6) is 5.75 Å². The van der Waals surface area contributed by atoms with Crippen molar-refractivity contribution in [2.75, 3.05) is 6.61 Å². The van der Waals surface area contributed by atoms with Gasteiger partial charge in [0, 0.05) is 13.1 Å². The Hall–Kier alpha value is -2.33. The maximum atomic E-state index is 11.0. The fourth-order valence-corrected chi connectivity index (χ4v) is 2.25. The summed E-state index contributed by atoms with van der Waals surface area (Å²) in [6.07, 6.45) is 2.18. The van der Waals surface area contributed by atoms with Crippen molar-refractivity contribution in [2.24, 2.45) is 0 Å². The lowest BCUT2D eigenvalue weighted by Crippen LogP contribution is -2.13. The molecule has 0 radical (unpaired) electrons. The van der Waals surface area contributed by atoms with Gasteiger partial charge in [0.2, 0.25) is 0 Å². The van der Waals surface area contributed by atoms with Gasteiger partial charge in [0.15, 0.2) is 0 Å². The molecule has 122 valence electrons. The highest BCUT2D eigenvalue weighted by Gasteiger charge is 2.03. The molecule has 0 fully saturated rings. The molecule has 0 aromatic heterocycles. The highest BCUT2D eigenvalue weighted by Crippen LogP contribution is 2.14. The molecule has 0 spiro atoms. The van der Waals surface area contributed by atoms with E-state index < -0.39 is 5.97 Å². The van der Waals surface area contributed by atoms with Crippen molar-refractivity contribution >= 4 is 5.97 Å². The van der Waals surface area contributed by atoms with Crippen LogP contribution in [0.15, 0.2) is 48.5 Å². The predicted molar refractivity (Wildman–Crippen MR) is 90.8 cm³/mol. The van der Waals surface area contributed by atoms with Crippen LogP contribution in [0.25, 0.3) is 0 Å². The van der Waals surface area contributed by atoms with E-state index in [4.69, 9.17) is 9.84 Å². The molecule has 0 heterocycles. The summed E-state index contributed by atoms with van der Waals surface area (Å²) in [5.74, 6) is -0.00518. The molecule has 0 aliphatic rings. The van der Waals surface area contributed by atoms with E-state index in [0.717, 1.165) is 36.3 Å². The lowest BCUT2D eigenvalue weighted by Gasteiger charge is -2.09. The number of hydrogen-bond acceptors (Lipinski definition) is 3. The minimum Gasteiger partial charge on any atom is -0.494 e. The summed E-state index contributed by atoms with van der Waals surface area (Å²) in [5, 5.41) is 12.3. The van der Waals surface area contributed by atoms with Gasteiger partial charge in [-0.1, -0.05) is 37.6 Å². The standard InChI is InChI=1S/C19H23NO3/c1-2-3-10-23-18-9-5-7-16(12-18)14-20-13-15-6-4-8-17(11-15)19(21)22/h4-9,11-12,20H,2-3,10,13-14H2,1H3,(H,21,22). The smallest absolute Gasteiger partial charge is 0.335 e. The molecule has 0 aliphatic carbocycles. The highest BCUT2D eigenvalue weighted by atomic mass is 16.5. The first-order chi connectivity index (χ1) is 11.2. The summed E-state index contributed by atoms with van der Waals surface area (Å²) in [5.41, 5.74) is 2.42. The number of benzene rings is 2. The Bertz CT molecular complexity index is 640. The van der Waals surface area contributed by atoms with Crippen LogP contribution >= 0.6 is 0 Å². The third-order valence-corrected chi connectivity index (χ3v) is 3.50. The molecule has 4 heteroatoms. The fraction of sp³-hybridized carbons (Fsp3) is 0.316. The minimum atomic E-state index is -0.899. The second-order valence-corrected chi connectivity index (χ2v) is 5.46. The van der Waals surface area contributed by atoms with E-state index in [1.165, 1.54) is 0 Å². The first-order valence-electron chi connectivity index (χ1n) is 7.93. The van der Waals surface area contributed by atoms with Gasteiger partial charge in [-0.2, -0.15) is 0 Å². The van der Waals surface area contributed by atoms with Gasteiger partial charge >= 0.3 is 5.97 Å². The second kappa shape index (κ2) is 8.96. The zero-order chi connectivity index (χ0) is 16.5. The molecule has 0 saturated carbocycles. The maximum Gasteiger partial charge on any atom is 0.335 e. The first kappa shape index (κ1) is 17.0. The molecule has 0 saturated heterocycles. The van der Waals surface area contributed by atoms with E-state index >= 15 is 0 Å². The topological polar surface area (TPSA) is 58.6 Å². The Balaban J connectivity index is 1.85. The molecule has 0 atom stereocenters. The number of unbranched alkanes of at least 4 members (excludes halogenated alkanes) is 1. The van der Waals surface area contributed by atoms with Crippen molar-refractivity contribution < 1.29 is 14.6 Å². The SMILES string of the molecule is CCCCOc1cccc(CNCc2cccc(C(=O)O)c2)c1. The maximum absolute atomic E-state index is 11.0. The van der Waals surface area contributed by atoms with Gasteiger partial charge in [-0.15, -0.1) is 0 Å². The highest BCUT2D eigenvalue weighted by molar-refractivity contribution is 5.87. The molecule has 2 rings (SSSR count). The molecular weight excluding hydrogens is 290 g/mol. The van der Waals surface area contributed by atoms with Gasteiger partial charge in [0.05, 0.1) is 12.2 Å². The number of nitrogens with one attached hydrogen (secondary N) is 1. The van der Waals surface area contributed by atoms with Crippen LogP contribution in [0, 0.1) is 0 Å². The molecule has 0 unspecified atom stereocenters. The minimum absolute atomic E-state index is 0.315. The van der Waals surface area contributed by atoms with Crippen LogP contribution in [-0.4, -0.2) is 17.7 Å². The molecule has 23 heavy (non-hydrogen) atoms. The Morgan fingerprint density at radius 2 is 1.78 bits per heavy atom. The quantitative estimate of drug-likeness (QED) is 0.690. The molecule has 2 aromatic rings. The van der Waals surface area contributed by atoms with Gasteiger partial charge in [-0.3, -0.25) is 0 Å². The van der Waals surface area contributed by atoms with Crippen molar-refractivity contribution in [2.45, 2.75) is 32.9 Å². The van der Waals surface area contributed by atoms with E-state index in [9.17, 15) is 4.79 Å². The normalized spacial score (nSPS) is 10.5. The van der Waals surface area contributed by atoms with Gasteiger partial charge < -0.3 is 15.2 Å². The van der Waals surface area contributed by atoms with E-state index in [1.807, 2.05) is 30.3 Å². The summed E-state index contributed by atoms with van der Waals surface area (Å²) in [6, 6.07) is 15.0. The summed E-state index contributed by atoms with van der Waals surface area (Å²) in [7, 11) is 0. The fourth-order valence-electron chi connectivity index (χ4n) is 2.25. The van der Waals surface area contributed by atoms with Crippen molar-refractivity contribution in [3.05, 3.63) is 65.2 Å². The van der Waals surface area contributed by atoms with Crippen molar-refractivity contribution in [3.63, 3.8) is 0 Å². The van der Waals surface area contributed by atoms with Crippen LogP contribution in [0.2, 0.25) is 0 Å². The van der Waals surface area contributed by atoms with E-state index in [1.54, 1.807) is 18.2 Å². The molecule has 2 aromatic carbocycles. The van der Waals surface area contributed by atoms with Gasteiger partial charge in [-0.05, 0) is 41.8 Å². The predicted octanol–water partition coefficient (Wildman–Crippen LogP) is 3.85. The average Bonchev–Trinajstić information content (AvgIpc) is 2.56. The lowest BCUT2D eigenvalue weighted by molar-refractivity contribution is 0.0696. The summed E-state index contributed by atoms with van der Waals surface area (Å²) in [4.78, 5) is 11.0. The zero-order valence-corrected chi connectivity index (χ0v) is 13.4. The Kier molecular flexibility index (Phi) is 6.63. The van der Waals surface area contributed by atoms with Crippen molar-refractivity contribution in [1.29, 1.82) is 0 Å². The second-order valence-electron chi connectivity index (χ2n) is 5.46. The third-order valence-electron chi connectivity index (χ3n) is 3.50. The van der Waals surface area contributed by atoms with E-state index in [-0.39, 0.29) is 0 Å². The van der Waals surface area contributed by atoms with Gasteiger partial charge in [-0.25, -0.2) is 4.79 Å². The molecule has 0 aliphatic heterocycles. The Labute approximate surface area is 137 Å². The molecule has 2 N–H and O–H groups in total. The summed E-state index contributed by atoms with van der Waals surface area (Å²) in [6.45, 7) is 4.22. The zero-order valence-electron chi connectivity index (χ0n) is 13.4. The number of rotatable bonds is 9. The van der Waals surface area contributed by atoms with Gasteiger partial charge in [0.25, 0.3) is 0 Å². The molecule has 0 amide bonds. The van der Waals surface area contributed by atoms with E-state index in [2.05, 4.69) is 12.2 Å². The van der Waals surface area contributed by atoms with E-state index in [0.29, 0.717) is 18.7 Å². The molecule has 0 bridgehead atoms. The number of carboxylic acids is 1. The number of carbonyl (C=O) groups is 1. The van der Waals surface area contributed by atoms with Crippen molar-refractivity contribution in [1.82, 2.24) is 5.32 Å². The van der Waals surface area contributed by atoms with Crippen LogP contribution in [0.1, 0.15) is 41.3 Å². The number of aromatic carboxylic acids is 1. The Morgan fingerprint density at radius 1 is 1.09 bits per heavy atom. The Morgan fingerprint density at radius 3 is 2.48 bits per heavy atom. The summed E-state index contributed by atoms with van der Waals surface area (Å²) < 4.78 is 5.70. The molecule has 4 nitrogen and oxygen atoms in total. The van der Waals surface area contributed by atoms with Crippen LogP contribution in [0.4, 0.5) is 0 Å². The van der Waals surface area contributed by atoms with Crippen LogP contribution in [0.3, 0.4) is 0 Å². The summed E-state index contributed by atoms with van der Waals surface area (Å²) >= 11 is 0. The lowest BCUT2D eigenvalue weighted by atomic mass is 10.1. The molecular formula is C19H23NO3. The van der Waals surface area contributed by atoms with Gasteiger partial charge in [0.1, 0.15) is 5.75 Å². The van der Waals surface area contributed by atoms with Crippen LogP contribution < -0.4 is 10.1 Å². The number of hydrogen-bond donors (Lipinski definition) is 2. The van der Waals surface area contributed by atoms with Crippen molar-refractivity contribution in [3.8, 4) is 5.75 Å².